The Hall–Kier alpha value is -2.87. The van der Waals surface area contributed by atoms with Crippen molar-refractivity contribution in [3.8, 4) is 5.75 Å². The van der Waals surface area contributed by atoms with Crippen LogP contribution in [0.5, 0.6) is 5.75 Å². The molecule has 1 heterocycles. The second-order valence-electron chi connectivity index (χ2n) is 8.78. The molecular weight excluding hydrogens is 427 g/mol. The van der Waals surface area contributed by atoms with Crippen molar-refractivity contribution in [3.63, 3.8) is 0 Å². The highest BCUT2D eigenvalue weighted by molar-refractivity contribution is 8.00. The molecule has 6 nitrogen and oxygen atoms in total. The molecule has 1 aromatic heterocycles. The van der Waals surface area contributed by atoms with E-state index in [9.17, 15) is 8.60 Å². The minimum atomic E-state index is -2.41. The van der Waals surface area contributed by atoms with E-state index in [1.165, 1.54) is 18.5 Å². The molecule has 0 bridgehead atoms. The van der Waals surface area contributed by atoms with Gasteiger partial charge in [-0.1, -0.05) is 6.92 Å². The number of fused-ring (bicyclic) bond motifs is 1. The number of nitrogens with zero attached hydrogens (tertiary/aromatic N) is 2. The standard InChI is InChI=1S/C24H29FN4O2S/c1-15-5-8-19(9-6-15)31-22-12-17(25)7-10-20(22)28-24-23-16(2)11-18(29-32(3,4)30)13-21(23)26-14-27-24/h7,10-15,19H,3,5-6,8-9H2,1-2,4H3,(H,29,30)(H,26,27,28). The van der Waals surface area contributed by atoms with Crippen LogP contribution in [0.15, 0.2) is 36.7 Å². The lowest BCUT2D eigenvalue weighted by Gasteiger charge is -2.27. The van der Waals surface area contributed by atoms with Crippen molar-refractivity contribution in [2.24, 2.45) is 5.92 Å². The van der Waals surface area contributed by atoms with Crippen molar-refractivity contribution < 1.29 is 13.3 Å². The van der Waals surface area contributed by atoms with Gasteiger partial charge in [0.05, 0.1) is 17.3 Å². The van der Waals surface area contributed by atoms with E-state index < -0.39 is 9.71 Å². The minimum Gasteiger partial charge on any atom is -0.488 e. The van der Waals surface area contributed by atoms with Gasteiger partial charge < -0.3 is 14.8 Å². The maximum atomic E-state index is 14.0. The molecule has 0 spiro atoms. The smallest absolute Gasteiger partial charge is 0.146 e. The molecule has 32 heavy (non-hydrogen) atoms. The number of aromatic nitrogens is 2. The number of rotatable bonds is 6. The summed E-state index contributed by atoms with van der Waals surface area (Å²) in [5.41, 5.74) is 2.93. The first-order chi connectivity index (χ1) is 15.2. The van der Waals surface area contributed by atoms with Crippen LogP contribution in [-0.4, -0.2) is 32.4 Å². The van der Waals surface area contributed by atoms with Crippen molar-refractivity contribution in [2.75, 3.05) is 16.3 Å². The summed E-state index contributed by atoms with van der Waals surface area (Å²) in [6.07, 6.45) is 7.26. The summed E-state index contributed by atoms with van der Waals surface area (Å²) in [7, 11) is -2.41. The molecular formula is C24H29FN4O2S. The van der Waals surface area contributed by atoms with Gasteiger partial charge >= 0.3 is 0 Å². The molecule has 0 aliphatic heterocycles. The van der Waals surface area contributed by atoms with E-state index >= 15 is 0 Å². The maximum Gasteiger partial charge on any atom is 0.146 e. The molecule has 2 N–H and O–H groups in total. The van der Waals surface area contributed by atoms with Crippen molar-refractivity contribution in [1.82, 2.24) is 9.97 Å². The molecule has 1 atom stereocenters. The second-order valence-corrected chi connectivity index (χ2v) is 11.0. The monoisotopic (exact) mass is 456 g/mol. The minimum absolute atomic E-state index is 0.0811. The van der Waals surface area contributed by atoms with Crippen LogP contribution >= 0.6 is 0 Å². The topological polar surface area (TPSA) is 76.1 Å². The van der Waals surface area contributed by atoms with Crippen LogP contribution in [-0.2, 0) is 9.71 Å². The van der Waals surface area contributed by atoms with Crippen LogP contribution in [0.1, 0.15) is 38.2 Å². The van der Waals surface area contributed by atoms with Crippen LogP contribution in [0, 0.1) is 18.7 Å². The molecule has 0 radical (unpaired) electrons. The molecule has 170 valence electrons. The average Bonchev–Trinajstić information content (AvgIpc) is 2.70. The van der Waals surface area contributed by atoms with Crippen LogP contribution in [0.3, 0.4) is 0 Å². The first kappa shape index (κ1) is 22.3. The second kappa shape index (κ2) is 8.94. The summed E-state index contributed by atoms with van der Waals surface area (Å²) in [6, 6.07) is 8.20. The Kier molecular flexibility index (Phi) is 6.24. The lowest BCUT2D eigenvalue weighted by Crippen LogP contribution is -2.23. The predicted molar refractivity (Wildman–Crippen MR) is 131 cm³/mol. The highest BCUT2D eigenvalue weighted by atomic mass is 32.2. The van der Waals surface area contributed by atoms with Gasteiger partial charge in [-0.05, 0) is 74.2 Å². The van der Waals surface area contributed by atoms with Gasteiger partial charge in [0, 0.05) is 33.1 Å². The van der Waals surface area contributed by atoms with Crippen molar-refractivity contribution in [2.45, 2.75) is 45.6 Å². The van der Waals surface area contributed by atoms with Gasteiger partial charge in [0.25, 0.3) is 0 Å². The number of benzene rings is 2. The third-order valence-electron chi connectivity index (χ3n) is 5.72. The van der Waals surface area contributed by atoms with E-state index in [0.29, 0.717) is 34.4 Å². The molecule has 1 aliphatic rings. The molecule has 1 saturated carbocycles. The van der Waals surface area contributed by atoms with Gasteiger partial charge in [-0.25, -0.2) is 18.6 Å². The third-order valence-corrected chi connectivity index (χ3v) is 6.39. The summed E-state index contributed by atoms with van der Waals surface area (Å²) in [5.74, 6) is 5.09. The van der Waals surface area contributed by atoms with E-state index in [2.05, 4.69) is 32.8 Å². The van der Waals surface area contributed by atoms with E-state index in [-0.39, 0.29) is 11.9 Å². The molecule has 2 aromatic carbocycles. The zero-order valence-electron chi connectivity index (χ0n) is 18.7. The van der Waals surface area contributed by atoms with Crippen LogP contribution in [0.25, 0.3) is 10.9 Å². The Bertz CT molecular complexity index is 1240. The van der Waals surface area contributed by atoms with E-state index in [4.69, 9.17) is 4.74 Å². The Morgan fingerprint density at radius 1 is 1.16 bits per heavy atom. The fourth-order valence-corrected chi connectivity index (χ4v) is 4.76. The molecule has 3 aromatic rings. The van der Waals surface area contributed by atoms with Gasteiger partial charge in [-0.2, -0.15) is 0 Å². The average molecular weight is 457 g/mol. The van der Waals surface area contributed by atoms with Crippen LogP contribution in [0.2, 0.25) is 0 Å². The normalized spacial score (nSPS) is 20.5. The zero-order chi connectivity index (χ0) is 22.9. The SMILES string of the molecule is C=S(C)(=O)Nc1cc(C)c2c(Nc3ccc(F)cc3OC3CCC(C)CC3)ncnc2c1. The quantitative estimate of drug-likeness (QED) is 0.482. The number of halogens is 1. The van der Waals surface area contributed by atoms with Crippen LogP contribution in [0.4, 0.5) is 21.6 Å². The van der Waals surface area contributed by atoms with E-state index in [1.54, 1.807) is 12.3 Å². The summed E-state index contributed by atoms with van der Waals surface area (Å²) < 4.78 is 35.2. The summed E-state index contributed by atoms with van der Waals surface area (Å²) in [5, 5.41) is 4.14. The van der Waals surface area contributed by atoms with Gasteiger partial charge in [0.15, 0.2) is 0 Å². The van der Waals surface area contributed by atoms with Gasteiger partial charge in [-0.3, -0.25) is 0 Å². The third kappa shape index (κ3) is 5.30. The summed E-state index contributed by atoms with van der Waals surface area (Å²) >= 11 is 0. The molecule has 0 saturated heterocycles. The molecule has 0 amide bonds. The number of aryl methyl sites for hydroxylation is 1. The number of ether oxygens (including phenoxy) is 1. The maximum absolute atomic E-state index is 14.0. The molecule has 1 fully saturated rings. The number of hydrogen-bond donors (Lipinski definition) is 2. The van der Waals surface area contributed by atoms with Gasteiger partial charge in [0.2, 0.25) is 0 Å². The fourth-order valence-electron chi connectivity index (χ4n) is 4.15. The zero-order valence-corrected chi connectivity index (χ0v) is 19.5. The van der Waals surface area contributed by atoms with Gasteiger partial charge in [-0.15, -0.1) is 0 Å². The Morgan fingerprint density at radius 3 is 2.62 bits per heavy atom. The molecule has 8 heteroatoms. The lowest BCUT2D eigenvalue weighted by atomic mass is 9.89. The highest BCUT2D eigenvalue weighted by Gasteiger charge is 2.21. The Morgan fingerprint density at radius 2 is 1.91 bits per heavy atom. The lowest BCUT2D eigenvalue weighted by molar-refractivity contribution is 0.136. The van der Waals surface area contributed by atoms with Crippen molar-refractivity contribution in [1.29, 1.82) is 0 Å². The largest absolute Gasteiger partial charge is 0.488 e. The summed E-state index contributed by atoms with van der Waals surface area (Å²) in [4.78, 5) is 8.80. The number of anilines is 3. The number of nitrogens with one attached hydrogen (secondary N) is 2. The Labute approximate surface area is 188 Å². The first-order valence-electron chi connectivity index (χ1n) is 10.8. The van der Waals surface area contributed by atoms with E-state index in [1.807, 2.05) is 19.1 Å². The highest BCUT2D eigenvalue weighted by Crippen LogP contribution is 2.35. The van der Waals surface area contributed by atoms with Crippen LogP contribution < -0.4 is 14.8 Å². The predicted octanol–water partition coefficient (Wildman–Crippen LogP) is 5.45. The Balaban J connectivity index is 1.66. The van der Waals surface area contributed by atoms with E-state index in [0.717, 1.165) is 36.6 Å². The number of hydrogen-bond acceptors (Lipinski definition) is 5. The van der Waals surface area contributed by atoms with Crippen molar-refractivity contribution in [3.05, 3.63) is 48.0 Å². The van der Waals surface area contributed by atoms with Crippen molar-refractivity contribution >= 4 is 43.7 Å². The molecule has 1 aliphatic carbocycles. The van der Waals surface area contributed by atoms with Gasteiger partial charge in [0.1, 0.15) is 23.7 Å². The molecule has 4 rings (SSSR count). The first-order valence-corrected chi connectivity index (χ1v) is 12.9. The molecule has 1 unspecified atom stereocenters. The fraction of sp³-hybridized carbons (Fsp3) is 0.375. The summed E-state index contributed by atoms with van der Waals surface area (Å²) in [6.45, 7) is 4.19.